The minimum atomic E-state index is -1.25. The zero-order chi connectivity index (χ0) is 23.4. The standard InChI is InChI=1S/C23H27ClN2O6/c1-4-10-25(18-12(2)6-5-7-14(18)24)21(29)19-23-9-8-15(32-23)16(22(30)31)17(23)20(28)26(19)13(3)11-27/h4-7,13,15-17,19,27H,1,8-11H2,2-3H3,(H,30,31)/t13-,15-,16+,17+,19-,23+/m1/s1. The van der Waals surface area contributed by atoms with E-state index in [1.165, 1.54) is 9.80 Å². The number of aliphatic hydroxyl groups is 1. The molecule has 3 saturated heterocycles. The maximum Gasteiger partial charge on any atom is 0.310 e. The maximum absolute atomic E-state index is 14.1. The van der Waals surface area contributed by atoms with Crippen LogP contribution < -0.4 is 4.90 Å². The number of anilines is 1. The number of carboxylic acids is 1. The highest BCUT2D eigenvalue weighted by atomic mass is 35.5. The number of nitrogens with zero attached hydrogens (tertiary/aromatic N) is 2. The normalized spacial score (nSPS) is 31.5. The zero-order valence-corrected chi connectivity index (χ0v) is 18.8. The van der Waals surface area contributed by atoms with Crippen molar-refractivity contribution in [3.8, 4) is 0 Å². The minimum Gasteiger partial charge on any atom is -0.481 e. The van der Waals surface area contributed by atoms with Gasteiger partial charge in [-0.15, -0.1) is 6.58 Å². The number of hydrogen-bond acceptors (Lipinski definition) is 5. The Morgan fingerprint density at radius 1 is 1.47 bits per heavy atom. The molecule has 3 fully saturated rings. The van der Waals surface area contributed by atoms with E-state index in [1.807, 2.05) is 13.0 Å². The van der Waals surface area contributed by atoms with E-state index in [1.54, 1.807) is 25.1 Å². The number of hydrogen-bond donors (Lipinski definition) is 2. The van der Waals surface area contributed by atoms with E-state index in [9.17, 15) is 24.6 Å². The van der Waals surface area contributed by atoms with Gasteiger partial charge in [0, 0.05) is 6.54 Å². The molecule has 0 aliphatic carbocycles. The molecule has 8 nitrogen and oxygen atoms in total. The molecule has 32 heavy (non-hydrogen) atoms. The van der Waals surface area contributed by atoms with Gasteiger partial charge in [-0.2, -0.15) is 0 Å². The number of carboxylic acid groups (broad SMARTS) is 1. The lowest BCUT2D eigenvalue weighted by atomic mass is 9.70. The molecule has 172 valence electrons. The number of amides is 2. The summed E-state index contributed by atoms with van der Waals surface area (Å²) in [6, 6.07) is 3.53. The molecule has 0 unspecified atom stereocenters. The Bertz CT molecular complexity index is 963. The van der Waals surface area contributed by atoms with Crippen LogP contribution in [0.15, 0.2) is 30.9 Å². The van der Waals surface area contributed by atoms with Gasteiger partial charge in [-0.25, -0.2) is 0 Å². The summed E-state index contributed by atoms with van der Waals surface area (Å²) in [4.78, 5) is 42.5. The van der Waals surface area contributed by atoms with E-state index in [-0.39, 0.29) is 13.2 Å². The Balaban J connectivity index is 1.85. The van der Waals surface area contributed by atoms with Gasteiger partial charge in [-0.1, -0.05) is 29.8 Å². The number of aryl methyl sites for hydroxylation is 1. The van der Waals surface area contributed by atoms with E-state index in [2.05, 4.69) is 6.58 Å². The second kappa shape index (κ2) is 8.17. The van der Waals surface area contributed by atoms with Gasteiger partial charge in [0.15, 0.2) is 0 Å². The number of halogens is 1. The van der Waals surface area contributed by atoms with Crippen LogP contribution in [-0.4, -0.2) is 69.8 Å². The lowest BCUT2D eigenvalue weighted by molar-refractivity contribution is -0.150. The first kappa shape index (κ1) is 22.8. The highest BCUT2D eigenvalue weighted by Crippen LogP contribution is 2.59. The number of likely N-dealkylation sites (tertiary alicyclic amines) is 1. The molecule has 4 rings (SSSR count). The molecule has 9 heteroatoms. The number of para-hydroxylation sites is 1. The third-order valence-corrected chi connectivity index (χ3v) is 7.34. The third kappa shape index (κ3) is 3.08. The Morgan fingerprint density at radius 3 is 2.78 bits per heavy atom. The molecule has 0 saturated carbocycles. The predicted molar refractivity (Wildman–Crippen MR) is 117 cm³/mol. The summed E-state index contributed by atoms with van der Waals surface area (Å²) in [5.41, 5.74) is 0.0260. The van der Waals surface area contributed by atoms with Gasteiger partial charge < -0.3 is 24.7 Å². The molecule has 2 N–H and O–H groups in total. The van der Waals surface area contributed by atoms with Crippen molar-refractivity contribution in [2.24, 2.45) is 11.8 Å². The summed E-state index contributed by atoms with van der Waals surface area (Å²) in [5.74, 6) is -3.99. The second-order valence-corrected chi connectivity index (χ2v) is 9.22. The van der Waals surface area contributed by atoms with E-state index >= 15 is 0 Å². The lowest BCUT2D eigenvalue weighted by Gasteiger charge is -2.39. The Labute approximate surface area is 191 Å². The van der Waals surface area contributed by atoms with Crippen LogP contribution in [0.1, 0.15) is 25.3 Å². The van der Waals surface area contributed by atoms with Crippen molar-refractivity contribution >= 4 is 35.1 Å². The highest BCUT2D eigenvalue weighted by Gasteiger charge is 2.75. The average Bonchev–Trinajstić information content (AvgIpc) is 3.39. The Morgan fingerprint density at radius 2 is 2.19 bits per heavy atom. The van der Waals surface area contributed by atoms with Crippen LogP contribution in [0, 0.1) is 18.8 Å². The first-order chi connectivity index (χ1) is 15.2. The summed E-state index contributed by atoms with van der Waals surface area (Å²) < 4.78 is 6.18. The van der Waals surface area contributed by atoms with Crippen LogP contribution in [0.2, 0.25) is 5.02 Å². The van der Waals surface area contributed by atoms with E-state index < -0.39 is 53.4 Å². The number of benzene rings is 1. The number of ether oxygens (including phenoxy) is 1. The van der Waals surface area contributed by atoms with E-state index in [0.717, 1.165) is 5.56 Å². The molecule has 6 atom stereocenters. The number of aliphatic carboxylic acids is 1. The molecule has 0 aromatic heterocycles. The molecular weight excluding hydrogens is 436 g/mol. The molecular formula is C23H27ClN2O6. The van der Waals surface area contributed by atoms with Crippen LogP contribution in [0.3, 0.4) is 0 Å². The maximum atomic E-state index is 14.1. The highest BCUT2D eigenvalue weighted by molar-refractivity contribution is 6.34. The molecule has 1 aromatic rings. The number of aliphatic hydroxyl groups excluding tert-OH is 1. The summed E-state index contributed by atoms with van der Waals surface area (Å²) >= 11 is 6.46. The fraction of sp³-hybridized carbons (Fsp3) is 0.522. The Kier molecular flexibility index (Phi) is 5.81. The van der Waals surface area contributed by atoms with Gasteiger partial charge in [0.2, 0.25) is 5.91 Å². The van der Waals surface area contributed by atoms with Crippen molar-refractivity contribution in [1.82, 2.24) is 4.90 Å². The van der Waals surface area contributed by atoms with Gasteiger partial charge in [-0.05, 0) is 38.3 Å². The zero-order valence-electron chi connectivity index (χ0n) is 18.0. The predicted octanol–water partition coefficient (Wildman–Crippen LogP) is 2.01. The molecule has 2 amide bonds. The fourth-order valence-corrected chi connectivity index (χ4v) is 6.07. The third-order valence-electron chi connectivity index (χ3n) is 7.03. The van der Waals surface area contributed by atoms with Crippen LogP contribution in [0.4, 0.5) is 5.69 Å². The van der Waals surface area contributed by atoms with Crippen molar-refractivity contribution in [2.45, 2.75) is 50.5 Å². The summed E-state index contributed by atoms with van der Waals surface area (Å²) in [7, 11) is 0. The molecule has 3 aliphatic heterocycles. The van der Waals surface area contributed by atoms with Gasteiger partial charge in [-0.3, -0.25) is 14.4 Å². The van der Waals surface area contributed by atoms with Crippen LogP contribution in [0.25, 0.3) is 0 Å². The molecule has 3 heterocycles. The topological polar surface area (TPSA) is 107 Å². The molecule has 3 aliphatic rings. The van der Waals surface area contributed by atoms with Crippen molar-refractivity contribution in [3.05, 3.63) is 41.4 Å². The number of carbonyl (C=O) groups is 3. The van der Waals surface area contributed by atoms with E-state index in [0.29, 0.717) is 23.6 Å². The van der Waals surface area contributed by atoms with E-state index in [4.69, 9.17) is 16.3 Å². The van der Waals surface area contributed by atoms with Crippen molar-refractivity contribution in [2.75, 3.05) is 18.1 Å². The SMILES string of the molecule is C=CCN(C(=O)[C@H]1N([C@H](C)CO)C(=O)[C@@H]2[C@@H](C(=O)O)[C@H]3CC[C@]21O3)c1c(C)cccc1Cl. The molecule has 1 aromatic carbocycles. The number of fused-ring (bicyclic) bond motifs is 1. The van der Waals surface area contributed by atoms with Crippen LogP contribution >= 0.6 is 11.6 Å². The molecule has 1 spiro atoms. The smallest absolute Gasteiger partial charge is 0.310 e. The minimum absolute atomic E-state index is 0.141. The van der Waals surface area contributed by atoms with Gasteiger partial charge >= 0.3 is 5.97 Å². The van der Waals surface area contributed by atoms with Crippen LogP contribution in [-0.2, 0) is 19.1 Å². The van der Waals surface area contributed by atoms with Crippen molar-refractivity contribution in [1.29, 1.82) is 0 Å². The number of carbonyl (C=O) groups excluding carboxylic acids is 2. The largest absolute Gasteiger partial charge is 0.481 e. The molecule has 0 radical (unpaired) electrons. The summed E-state index contributed by atoms with van der Waals surface area (Å²) in [6.07, 6.45) is 1.81. The first-order valence-electron chi connectivity index (χ1n) is 10.7. The lowest BCUT2D eigenvalue weighted by Crippen LogP contribution is -2.58. The van der Waals surface area contributed by atoms with Gasteiger partial charge in [0.1, 0.15) is 11.6 Å². The van der Waals surface area contributed by atoms with Crippen molar-refractivity contribution in [3.63, 3.8) is 0 Å². The summed E-state index contributed by atoms with van der Waals surface area (Å²) in [5, 5.41) is 20.0. The monoisotopic (exact) mass is 462 g/mol. The fourth-order valence-electron chi connectivity index (χ4n) is 5.75. The number of rotatable bonds is 7. The van der Waals surface area contributed by atoms with Gasteiger partial charge in [0.05, 0.1) is 41.3 Å². The average molecular weight is 463 g/mol. The van der Waals surface area contributed by atoms with Gasteiger partial charge in [0.25, 0.3) is 5.91 Å². The summed E-state index contributed by atoms with van der Waals surface area (Å²) in [6.45, 7) is 7.00. The van der Waals surface area contributed by atoms with Crippen molar-refractivity contribution < 1.29 is 29.3 Å². The Hall–Kier alpha value is -2.42. The second-order valence-electron chi connectivity index (χ2n) is 8.81. The van der Waals surface area contributed by atoms with Crippen LogP contribution in [0.5, 0.6) is 0 Å². The molecule has 2 bridgehead atoms. The first-order valence-corrected chi connectivity index (χ1v) is 11.1. The quantitative estimate of drug-likeness (QED) is 0.600.